The van der Waals surface area contributed by atoms with E-state index in [-0.39, 0.29) is 23.9 Å². The molecule has 0 aromatic heterocycles. The Morgan fingerprint density at radius 1 is 1.26 bits per heavy atom. The van der Waals surface area contributed by atoms with Crippen LogP contribution in [0, 0.1) is 5.41 Å². The first-order valence-corrected chi connectivity index (χ1v) is 8.97. The summed E-state index contributed by atoms with van der Waals surface area (Å²) in [5.41, 5.74) is 20.0. The molecule has 0 bridgehead atoms. The smallest absolute Gasteiger partial charge is 0.270 e. The number of primary amides is 1. The van der Waals surface area contributed by atoms with E-state index in [4.69, 9.17) is 27.3 Å². The van der Waals surface area contributed by atoms with Gasteiger partial charge in [0, 0.05) is 12.3 Å². The van der Waals surface area contributed by atoms with Crippen LogP contribution in [0.2, 0.25) is 0 Å². The molecular weight excluding hydrogens is 346 g/mol. The highest BCUT2D eigenvalue weighted by Crippen LogP contribution is 2.25. The van der Waals surface area contributed by atoms with Crippen LogP contribution in [-0.4, -0.2) is 48.7 Å². The number of hydrogen-bond acceptors (Lipinski definition) is 5. The van der Waals surface area contributed by atoms with Gasteiger partial charge in [-0.2, -0.15) is 4.99 Å². The molecule has 9 heteroatoms. The van der Waals surface area contributed by atoms with Crippen LogP contribution in [0.1, 0.15) is 24.0 Å². The van der Waals surface area contributed by atoms with Crippen molar-refractivity contribution in [3.63, 3.8) is 0 Å². The van der Waals surface area contributed by atoms with E-state index in [1.165, 1.54) is 11.1 Å². The fraction of sp³-hybridized carbons (Fsp3) is 0.444. The van der Waals surface area contributed by atoms with E-state index in [1.807, 2.05) is 18.2 Å². The third kappa shape index (κ3) is 4.69. The average molecular weight is 371 g/mol. The maximum absolute atomic E-state index is 11.5. The number of ether oxygens (including phenoxy) is 1. The van der Waals surface area contributed by atoms with Gasteiger partial charge in [0.25, 0.3) is 5.91 Å². The summed E-state index contributed by atoms with van der Waals surface area (Å²) in [4.78, 5) is 19.9. The van der Waals surface area contributed by atoms with Crippen LogP contribution in [0.15, 0.2) is 28.2 Å². The number of nitrogens with two attached hydrogens (primary N) is 3. The molecule has 0 radical (unpaired) electrons. The molecule has 1 fully saturated rings. The third-order valence-corrected chi connectivity index (χ3v) is 4.73. The Balaban J connectivity index is 1.83. The van der Waals surface area contributed by atoms with Crippen molar-refractivity contribution in [1.82, 2.24) is 0 Å². The molecule has 1 aromatic carbocycles. The van der Waals surface area contributed by atoms with Gasteiger partial charge in [-0.25, -0.2) is 4.99 Å². The number of anilines is 1. The lowest BCUT2D eigenvalue weighted by Gasteiger charge is -2.25. The lowest BCUT2D eigenvalue weighted by Crippen LogP contribution is -2.43. The molecule has 1 heterocycles. The van der Waals surface area contributed by atoms with Crippen LogP contribution in [0.4, 0.5) is 5.69 Å². The Kier molecular flexibility index (Phi) is 5.82. The maximum Gasteiger partial charge on any atom is 0.270 e. The molecule has 1 amide bonds. The molecule has 0 saturated carbocycles. The summed E-state index contributed by atoms with van der Waals surface area (Å²) in [5, 5.41) is 10.9. The third-order valence-electron chi connectivity index (χ3n) is 4.73. The number of guanidine groups is 1. The second kappa shape index (κ2) is 8.28. The molecule has 8 N–H and O–H groups in total. The molecule has 2 atom stereocenters. The van der Waals surface area contributed by atoms with Crippen molar-refractivity contribution >= 4 is 29.1 Å². The van der Waals surface area contributed by atoms with Gasteiger partial charge in [-0.1, -0.05) is 6.07 Å². The van der Waals surface area contributed by atoms with Crippen LogP contribution in [0.25, 0.3) is 0 Å². The zero-order valence-electron chi connectivity index (χ0n) is 15.1. The van der Waals surface area contributed by atoms with E-state index >= 15 is 0 Å². The van der Waals surface area contributed by atoms with E-state index in [1.54, 1.807) is 0 Å². The Bertz CT molecular complexity index is 803. The number of nitrogens with one attached hydrogen (secondary N) is 2. The lowest BCUT2D eigenvalue weighted by molar-refractivity contribution is -0.111. The highest BCUT2D eigenvalue weighted by molar-refractivity contribution is 6.67. The normalized spacial score (nSPS) is 23.0. The van der Waals surface area contributed by atoms with Gasteiger partial charge in [-0.05, 0) is 48.9 Å². The minimum absolute atomic E-state index is 0.0395. The summed E-state index contributed by atoms with van der Waals surface area (Å²) in [6.45, 7) is 0.957. The molecule has 0 unspecified atom stereocenters. The van der Waals surface area contributed by atoms with E-state index < -0.39 is 11.6 Å². The van der Waals surface area contributed by atoms with E-state index in [0.717, 1.165) is 24.9 Å². The molecule has 144 valence electrons. The maximum atomic E-state index is 11.5. The van der Waals surface area contributed by atoms with Crippen LogP contribution < -0.4 is 22.5 Å². The zero-order chi connectivity index (χ0) is 19.4. The topological polar surface area (TPSA) is 165 Å². The number of rotatable bonds is 4. The first-order chi connectivity index (χ1) is 12.9. The van der Waals surface area contributed by atoms with Crippen molar-refractivity contribution < 1.29 is 9.53 Å². The summed E-state index contributed by atoms with van der Waals surface area (Å²) < 4.78 is 5.28. The minimum atomic E-state index is -0.905. The van der Waals surface area contributed by atoms with Crippen molar-refractivity contribution in [2.45, 2.75) is 37.8 Å². The molecule has 1 aromatic rings. The molecule has 0 spiro atoms. The largest absolute Gasteiger partial charge is 0.380 e. The predicted molar refractivity (Wildman–Crippen MR) is 105 cm³/mol. The number of carbonyl (C=O) groups excluding carboxylic acids is 1. The Labute approximate surface area is 157 Å². The average Bonchev–Trinajstić information content (AvgIpc) is 3.10. The fourth-order valence-electron chi connectivity index (χ4n) is 3.27. The van der Waals surface area contributed by atoms with Gasteiger partial charge in [0.1, 0.15) is 0 Å². The van der Waals surface area contributed by atoms with Crippen molar-refractivity contribution in [1.29, 1.82) is 5.41 Å². The van der Waals surface area contributed by atoms with Crippen molar-refractivity contribution in [3.05, 3.63) is 29.3 Å². The molecule has 1 aliphatic carbocycles. The second-order valence-electron chi connectivity index (χ2n) is 6.74. The Morgan fingerprint density at radius 3 is 2.78 bits per heavy atom. The van der Waals surface area contributed by atoms with Gasteiger partial charge < -0.3 is 27.3 Å². The van der Waals surface area contributed by atoms with Crippen molar-refractivity contribution in [3.8, 4) is 0 Å². The van der Waals surface area contributed by atoms with Crippen LogP contribution in [0.5, 0.6) is 0 Å². The fourth-order valence-corrected chi connectivity index (χ4v) is 3.27. The number of aliphatic imine (C=N–C) groups is 2. The monoisotopic (exact) mass is 371 g/mol. The van der Waals surface area contributed by atoms with Crippen LogP contribution >= 0.6 is 0 Å². The first-order valence-electron chi connectivity index (χ1n) is 8.97. The molecule has 3 rings (SSSR count). The quantitative estimate of drug-likeness (QED) is 0.368. The first kappa shape index (κ1) is 19.0. The number of aryl methyl sites for hydroxylation is 2. The number of nitrogens with zero attached hydrogens (tertiary/aromatic N) is 2. The van der Waals surface area contributed by atoms with Gasteiger partial charge in [-0.3, -0.25) is 10.2 Å². The van der Waals surface area contributed by atoms with Gasteiger partial charge in [0.2, 0.25) is 5.96 Å². The van der Waals surface area contributed by atoms with Crippen LogP contribution in [0.3, 0.4) is 0 Å². The van der Waals surface area contributed by atoms with Gasteiger partial charge in [-0.15, -0.1) is 0 Å². The van der Waals surface area contributed by atoms with E-state index in [2.05, 4.69) is 15.3 Å². The predicted octanol–water partition coefficient (Wildman–Crippen LogP) is -0.0783. The van der Waals surface area contributed by atoms with E-state index in [9.17, 15) is 4.79 Å². The number of amides is 1. The summed E-state index contributed by atoms with van der Waals surface area (Å²) in [7, 11) is 0. The number of hydrogen-bond donors (Lipinski definition) is 5. The molecule has 1 saturated heterocycles. The molecule has 2 aliphatic rings. The van der Waals surface area contributed by atoms with Crippen molar-refractivity contribution in [2.24, 2.45) is 27.2 Å². The molecule has 9 nitrogen and oxygen atoms in total. The van der Waals surface area contributed by atoms with E-state index in [0.29, 0.717) is 19.6 Å². The lowest BCUT2D eigenvalue weighted by atomic mass is 10.1. The van der Waals surface area contributed by atoms with Crippen LogP contribution in [-0.2, 0) is 22.4 Å². The second-order valence-corrected chi connectivity index (χ2v) is 6.74. The standard InChI is InChI=1S/C18H25N7O2/c19-13-9-27-7-6-14(13)24-18(22)25-17(15(20)16(21)26)23-12-5-4-10-2-1-3-11(10)8-12/h4-5,8,13-14,20H,1-3,6-7,9,19H2,(H2,21,26)(H3,22,23,24,25)/t13-,14+/m0/s1. The number of amidine groups is 1. The Hall–Kier alpha value is -2.78. The summed E-state index contributed by atoms with van der Waals surface area (Å²) >= 11 is 0. The minimum Gasteiger partial charge on any atom is -0.380 e. The highest BCUT2D eigenvalue weighted by atomic mass is 16.5. The van der Waals surface area contributed by atoms with Crippen molar-refractivity contribution in [2.75, 3.05) is 18.5 Å². The zero-order valence-corrected chi connectivity index (χ0v) is 15.1. The SMILES string of the molecule is N=C(C(N)=O)/C(=N\C(N)=N[C@@H]1CCOC[C@@H]1N)Nc1ccc2c(c1)CCC2. The summed E-state index contributed by atoms with van der Waals surface area (Å²) in [6.07, 6.45) is 3.84. The van der Waals surface area contributed by atoms with Gasteiger partial charge in [0.05, 0.1) is 18.7 Å². The summed E-state index contributed by atoms with van der Waals surface area (Å²) in [5.74, 6) is -1.01. The molecule has 1 aliphatic heterocycles. The number of fused-ring (bicyclic) bond motifs is 1. The molecular formula is C18H25N7O2. The number of benzene rings is 1. The number of carbonyl (C=O) groups is 1. The summed E-state index contributed by atoms with van der Waals surface area (Å²) in [6, 6.07) is 5.43. The van der Waals surface area contributed by atoms with Gasteiger partial charge in [0.15, 0.2) is 11.5 Å². The highest BCUT2D eigenvalue weighted by Gasteiger charge is 2.22. The Morgan fingerprint density at radius 2 is 2.04 bits per heavy atom. The molecule has 27 heavy (non-hydrogen) atoms. The van der Waals surface area contributed by atoms with Gasteiger partial charge >= 0.3 is 0 Å².